The molecule has 0 fully saturated rings. The maximum atomic E-state index is 3.61. The molecule has 2 rings (SSSR count). The van der Waals surface area contributed by atoms with Crippen LogP contribution in [0.15, 0.2) is 39.3 Å². The largest absolute Gasteiger partial charge is 0.379 e. The molecule has 0 radical (unpaired) electrons. The average molecular weight is 383 g/mol. The van der Waals surface area contributed by atoms with Crippen molar-refractivity contribution < 1.29 is 0 Å². The zero-order valence-electron chi connectivity index (χ0n) is 11.3. The third-order valence-corrected chi connectivity index (χ3v) is 4.61. The van der Waals surface area contributed by atoms with Gasteiger partial charge in [-0.1, -0.05) is 18.2 Å². The lowest BCUT2D eigenvalue weighted by molar-refractivity contribution is 1.10. The summed E-state index contributed by atoms with van der Waals surface area (Å²) in [6.07, 6.45) is 0. The Bertz CT molecular complexity index is 583. The third kappa shape index (κ3) is 3.40. The molecule has 0 aliphatic heterocycles. The summed E-state index contributed by atoms with van der Waals surface area (Å²) in [4.78, 5) is 0. The Labute approximate surface area is 131 Å². The van der Waals surface area contributed by atoms with E-state index in [9.17, 15) is 0 Å². The highest BCUT2D eigenvalue weighted by Gasteiger charge is 2.07. The second-order valence-corrected chi connectivity index (χ2v) is 6.52. The van der Waals surface area contributed by atoms with Crippen molar-refractivity contribution in [2.75, 3.05) is 5.32 Å². The van der Waals surface area contributed by atoms with E-state index in [2.05, 4.69) is 88.3 Å². The van der Waals surface area contributed by atoms with E-state index in [1.165, 1.54) is 22.3 Å². The van der Waals surface area contributed by atoms with E-state index in [-0.39, 0.29) is 0 Å². The number of anilines is 1. The molecule has 0 unspecified atom stereocenters. The van der Waals surface area contributed by atoms with Gasteiger partial charge in [0.1, 0.15) is 0 Å². The van der Waals surface area contributed by atoms with Crippen molar-refractivity contribution in [3.63, 3.8) is 0 Å². The van der Waals surface area contributed by atoms with Crippen molar-refractivity contribution in [1.82, 2.24) is 0 Å². The number of rotatable bonds is 3. The molecule has 3 heteroatoms. The van der Waals surface area contributed by atoms with E-state index in [0.717, 1.165) is 21.2 Å². The lowest BCUT2D eigenvalue weighted by atomic mass is 10.0. The van der Waals surface area contributed by atoms with Crippen molar-refractivity contribution in [2.45, 2.75) is 27.3 Å². The second-order valence-electron chi connectivity index (χ2n) is 4.82. The summed E-state index contributed by atoms with van der Waals surface area (Å²) in [6.45, 7) is 7.24. The molecule has 19 heavy (non-hydrogen) atoms. The molecule has 0 bridgehead atoms. The normalized spacial score (nSPS) is 10.6. The van der Waals surface area contributed by atoms with Crippen LogP contribution >= 0.6 is 31.9 Å². The molecule has 1 nitrogen and oxygen atoms in total. The first-order chi connectivity index (χ1) is 8.99. The summed E-state index contributed by atoms with van der Waals surface area (Å²) < 4.78 is 2.18. The molecule has 0 aromatic heterocycles. The van der Waals surface area contributed by atoms with Crippen LogP contribution in [0.1, 0.15) is 22.3 Å². The Morgan fingerprint density at radius 1 is 1.00 bits per heavy atom. The second kappa shape index (κ2) is 6.10. The zero-order valence-corrected chi connectivity index (χ0v) is 14.5. The van der Waals surface area contributed by atoms with E-state index in [1.807, 2.05) is 0 Å². The summed E-state index contributed by atoms with van der Waals surface area (Å²) >= 11 is 7.22. The molecular formula is C16H17Br2N. The molecule has 0 spiro atoms. The third-order valence-electron chi connectivity index (χ3n) is 3.36. The topological polar surface area (TPSA) is 12.0 Å². The lowest BCUT2D eigenvalue weighted by Gasteiger charge is -2.14. The molecule has 2 aromatic rings. The summed E-state index contributed by atoms with van der Waals surface area (Å²) in [6, 6.07) is 10.7. The van der Waals surface area contributed by atoms with Gasteiger partial charge in [-0.25, -0.2) is 0 Å². The van der Waals surface area contributed by atoms with Gasteiger partial charge in [0.15, 0.2) is 0 Å². The van der Waals surface area contributed by atoms with Crippen LogP contribution in [0.4, 0.5) is 5.69 Å². The average Bonchev–Trinajstić information content (AvgIpc) is 2.33. The molecule has 100 valence electrons. The van der Waals surface area contributed by atoms with Crippen LogP contribution in [-0.4, -0.2) is 0 Å². The van der Waals surface area contributed by atoms with Crippen molar-refractivity contribution >= 4 is 37.5 Å². The van der Waals surface area contributed by atoms with Crippen LogP contribution in [0.25, 0.3) is 0 Å². The van der Waals surface area contributed by atoms with Crippen molar-refractivity contribution in [2.24, 2.45) is 0 Å². The Morgan fingerprint density at radius 2 is 1.63 bits per heavy atom. The first kappa shape index (κ1) is 14.6. The summed E-state index contributed by atoms with van der Waals surface area (Å²) in [7, 11) is 0. The zero-order chi connectivity index (χ0) is 14.0. The van der Waals surface area contributed by atoms with Gasteiger partial charge in [-0.3, -0.25) is 0 Å². The van der Waals surface area contributed by atoms with Crippen molar-refractivity contribution in [3.8, 4) is 0 Å². The van der Waals surface area contributed by atoms with Gasteiger partial charge in [0, 0.05) is 15.5 Å². The number of aryl methyl sites for hydroxylation is 2. The van der Waals surface area contributed by atoms with Crippen LogP contribution in [0, 0.1) is 20.8 Å². The van der Waals surface area contributed by atoms with Gasteiger partial charge in [-0.2, -0.15) is 0 Å². The minimum atomic E-state index is 0.827. The predicted octanol–water partition coefficient (Wildman–Crippen LogP) is 5.75. The van der Waals surface area contributed by atoms with Gasteiger partial charge in [0.25, 0.3) is 0 Å². The SMILES string of the molecule is Cc1cc(Br)c(NCc2cccc(C)c2C)c(Br)c1. The van der Waals surface area contributed by atoms with Gasteiger partial charge < -0.3 is 5.32 Å². The van der Waals surface area contributed by atoms with Crippen molar-refractivity contribution in [3.05, 3.63) is 61.5 Å². The van der Waals surface area contributed by atoms with Gasteiger partial charge in [0.05, 0.1) is 5.69 Å². The molecule has 0 saturated heterocycles. The van der Waals surface area contributed by atoms with Gasteiger partial charge >= 0.3 is 0 Å². The molecule has 1 N–H and O–H groups in total. The molecule has 0 aliphatic rings. The minimum Gasteiger partial charge on any atom is -0.379 e. The van der Waals surface area contributed by atoms with Gasteiger partial charge in [-0.15, -0.1) is 0 Å². The van der Waals surface area contributed by atoms with Crippen molar-refractivity contribution in [1.29, 1.82) is 0 Å². The summed E-state index contributed by atoms with van der Waals surface area (Å²) in [5.41, 5.74) is 6.36. The predicted molar refractivity (Wildman–Crippen MR) is 89.8 cm³/mol. The van der Waals surface area contributed by atoms with E-state index in [4.69, 9.17) is 0 Å². The number of nitrogens with one attached hydrogen (secondary N) is 1. The smallest absolute Gasteiger partial charge is 0.0631 e. The van der Waals surface area contributed by atoms with E-state index < -0.39 is 0 Å². The van der Waals surface area contributed by atoms with E-state index in [0.29, 0.717) is 0 Å². The fourth-order valence-electron chi connectivity index (χ4n) is 2.06. The van der Waals surface area contributed by atoms with E-state index in [1.54, 1.807) is 0 Å². The number of halogens is 2. The van der Waals surface area contributed by atoms with Crippen LogP contribution in [0.5, 0.6) is 0 Å². The molecule has 0 heterocycles. The quantitative estimate of drug-likeness (QED) is 0.712. The molecule has 0 atom stereocenters. The van der Waals surface area contributed by atoms with Gasteiger partial charge in [0.2, 0.25) is 0 Å². The van der Waals surface area contributed by atoms with Crippen LogP contribution < -0.4 is 5.32 Å². The number of hydrogen-bond donors (Lipinski definition) is 1. The molecular weight excluding hydrogens is 366 g/mol. The van der Waals surface area contributed by atoms with E-state index >= 15 is 0 Å². The monoisotopic (exact) mass is 381 g/mol. The molecule has 0 saturated carbocycles. The maximum Gasteiger partial charge on any atom is 0.0631 e. The maximum absolute atomic E-state index is 3.61. The van der Waals surface area contributed by atoms with Crippen LogP contribution in [0.2, 0.25) is 0 Å². The number of benzene rings is 2. The Hall–Kier alpha value is -0.800. The van der Waals surface area contributed by atoms with Gasteiger partial charge in [-0.05, 0) is 87.0 Å². The summed E-state index contributed by atoms with van der Waals surface area (Å²) in [5.74, 6) is 0. The first-order valence-corrected chi connectivity index (χ1v) is 7.82. The lowest BCUT2D eigenvalue weighted by Crippen LogP contribution is -2.03. The highest BCUT2D eigenvalue weighted by molar-refractivity contribution is 9.11. The first-order valence-electron chi connectivity index (χ1n) is 6.23. The minimum absolute atomic E-state index is 0.827. The Kier molecular flexibility index (Phi) is 4.69. The fraction of sp³-hybridized carbons (Fsp3) is 0.250. The van der Waals surface area contributed by atoms with Crippen LogP contribution in [-0.2, 0) is 6.54 Å². The highest BCUT2D eigenvalue weighted by atomic mass is 79.9. The fourth-order valence-corrected chi connectivity index (χ4v) is 3.75. The Morgan fingerprint density at radius 3 is 2.26 bits per heavy atom. The summed E-state index contributed by atoms with van der Waals surface area (Å²) in [5, 5.41) is 3.50. The molecule has 0 aliphatic carbocycles. The van der Waals surface area contributed by atoms with Crippen LogP contribution in [0.3, 0.4) is 0 Å². The number of hydrogen-bond acceptors (Lipinski definition) is 1. The molecule has 2 aromatic carbocycles. The highest BCUT2D eigenvalue weighted by Crippen LogP contribution is 2.32. The Balaban J connectivity index is 2.22. The standard InChI is InChI=1S/C16H17Br2N/c1-10-7-14(17)16(15(18)8-10)19-9-13-6-4-5-11(2)12(13)3/h4-8,19H,9H2,1-3H3. The molecule has 0 amide bonds.